The van der Waals surface area contributed by atoms with Crippen LogP contribution in [0, 0.1) is 6.92 Å². The molecule has 0 radical (unpaired) electrons. The Morgan fingerprint density at radius 1 is 1.00 bits per heavy atom. The highest BCUT2D eigenvalue weighted by molar-refractivity contribution is 7.92. The standard InChI is InChI=1S/C20H17ClF2O2S/c1-14-8-9-16(12-17(14)21)19(26(2,24)25)10-11-20(23,18(22)13-19)15-6-4-3-5-7-15/h3-13H,1-2H3. The van der Waals surface area contributed by atoms with Gasteiger partial charge >= 0.3 is 0 Å². The predicted molar refractivity (Wildman–Crippen MR) is 100 cm³/mol. The molecule has 0 spiro atoms. The van der Waals surface area contributed by atoms with E-state index < -0.39 is 26.1 Å². The Morgan fingerprint density at radius 2 is 1.65 bits per heavy atom. The van der Waals surface area contributed by atoms with Gasteiger partial charge in [-0.05, 0) is 41.8 Å². The van der Waals surface area contributed by atoms with Crippen LogP contribution in [-0.2, 0) is 20.3 Å². The van der Waals surface area contributed by atoms with E-state index in [9.17, 15) is 12.8 Å². The van der Waals surface area contributed by atoms with Gasteiger partial charge in [-0.1, -0.05) is 60.1 Å². The lowest BCUT2D eigenvalue weighted by atomic mass is 9.83. The van der Waals surface area contributed by atoms with Crippen LogP contribution in [-0.4, -0.2) is 14.7 Å². The molecule has 0 bridgehead atoms. The van der Waals surface area contributed by atoms with E-state index in [0.717, 1.165) is 24.0 Å². The molecule has 2 unspecified atom stereocenters. The van der Waals surface area contributed by atoms with Crippen LogP contribution in [0.5, 0.6) is 0 Å². The molecule has 0 saturated carbocycles. The molecule has 6 heteroatoms. The fraction of sp³-hybridized carbons (Fsp3) is 0.200. The van der Waals surface area contributed by atoms with Gasteiger partial charge in [0.15, 0.2) is 9.84 Å². The van der Waals surface area contributed by atoms with Crippen LogP contribution >= 0.6 is 11.6 Å². The Bertz CT molecular complexity index is 1020. The molecule has 0 saturated heterocycles. The van der Waals surface area contributed by atoms with Gasteiger partial charge in [0.25, 0.3) is 0 Å². The monoisotopic (exact) mass is 394 g/mol. The molecule has 2 aromatic rings. The summed E-state index contributed by atoms with van der Waals surface area (Å²) in [5, 5.41) is 0.355. The molecule has 136 valence electrons. The lowest BCUT2D eigenvalue weighted by molar-refractivity contribution is 0.232. The van der Waals surface area contributed by atoms with Crippen LogP contribution in [0.4, 0.5) is 8.78 Å². The van der Waals surface area contributed by atoms with E-state index in [1.807, 2.05) is 0 Å². The number of halogens is 3. The normalized spacial score (nSPS) is 25.8. The lowest BCUT2D eigenvalue weighted by Gasteiger charge is -2.33. The summed E-state index contributed by atoms with van der Waals surface area (Å²) in [5.41, 5.74) is -1.40. The van der Waals surface area contributed by atoms with Crippen molar-refractivity contribution in [3.8, 4) is 0 Å². The lowest BCUT2D eigenvalue weighted by Crippen LogP contribution is -2.36. The Hall–Kier alpha value is -1.98. The van der Waals surface area contributed by atoms with Crippen molar-refractivity contribution in [2.75, 3.05) is 6.26 Å². The zero-order valence-electron chi connectivity index (χ0n) is 14.2. The molecular formula is C20H17ClF2O2S. The Morgan fingerprint density at radius 3 is 2.19 bits per heavy atom. The van der Waals surface area contributed by atoms with E-state index in [1.165, 1.54) is 24.3 Å². The number of allylic oxidation sites excluding steroid dienone is 2. The number of hydrogen-bond acceptors (Lipinski definition) is 2. The first-order valence-electron chi connectivity index (χ1n) is 7.90. The Labute approximate surface area is 156 Å². The highest BCUT2D eigenvalue weighted by Gasteiger charge is 2.47. The minimum atomic E-state index is -3.86. The molecule has 1 aliphatic carbocycles. The summed E-state index contributed by atoms with van der Waals surface area (Å²) in [6.07, 6.45) is 3.98. The summed E-state index contributed by atoms with van der Waals surface area (Å²) in [6.45, 7) is 1.77. The van der Waals surface area contributed by atoms with Gasteiger partial charge in [0.2, 0.25) is 5.67 Å². The first-order chi connectivity index (χ1) is 12.1. The molecule has 2 nitrogen and oxygen atoms in total. The second kappa shape index (κ2) is 6.32. The van der Waals surface area contributed by atoms with Crippen LogP contribution in [0.2, 0.25) is 5.02 Å². The van der Waals surface area contributed by atoms with Crippen molar-refractivity contribution < 1.29 is 17.2 Å². The summed E-state index contributed by atoms with van der Waals surface area (Å²) >= 11 is 6.13. The summed E-state index contributed by atoms with van der Waals surface area (Å²) in [6, 6.07) is 12.5. The number of benzene rings is 2. The predicted octanol–water partition coefficient (Wildman–Crippen LogP) is 5.18. The first-order valence-corrected chi connectivity index (χ1v) is 10.2. The molecule has 3 rings (SSSR count). The molecule has 1 aliphatic rings. The zero-order chi connectivity index (χ0) is 19.2. The second-order valence-electron chi connectivity index (χ2n) is 6.43. The average Bonchev–Trinajstić information content (AvgIpc) is 2.59. The van der Waals surface area contributed by atoms with Gasteiger partial charge in [-0.3, -0.25) is 0 Å². The third kappa shape index (κ3) is 2.89. The van der Waals surface area contributed by atoms with E-state index in [2.05, 4.69) is 0 Å². The highest BCUT2D eigenvalue weighted by atomic mass is 35.5. The Kier molecular flexibility index (Phi) is 4.57. The first kappa shape index (κ1) is 18.8. The van der Waals surface area contributed by atoms with Crippen LogP contribution in [0.15, 0.2) is 72.6 Å². The van der Waals surface area contributed by atoms with Crippen LogP contribution < -0.4 is 0 Å². The molecule has 0 aliphatic heterocycles. The molecule has 2 atom stereocenters. The number of hydrogen-bond donors (Lipinski definition) is 0. The van der Waals surface area contributed by atoms with Crippen molar-refractivity contribution >= 4 is 21.4 Å². The van der Waals surface area contributed by atoms with Gasteiger partial charge < -0.3 is 0 Å². The quantitative estimate of drug-likeness (QED) is 0.672. The molecule has 0 fully saturated rings. The van der Waals surface area contributed by atoms with Gasteiger partial charge in [0, 0.05) is 11.3 Å². The van der Waals surface area contributed by atoms with Gasteiger partial charge in [-0.2, -0.15) is 0 Å². The van der Waals surface area contributed by atoms with Gasteiger partial charge in [-0.25, -0.2) is 17.2 Å². The zero-order valence-corrected chi connectivity index (χ0v) is 15.8. The van der Waals surface area contributed by atoms with E-state index in [-0.39, 0.29) is 11.1 Å². The van der Waals surface area contributed by atoms with Crippen LogP contribution in [0.1, 0.15) is 16.7 Å². The maximum Gasteiger partial charge on any atom is 0.205 e. The smallest absolute Gasteiger partial charge is 0.205 e. The van der Waals surface area contributed by atoms with Crippen molar-refractivity contribution in [1.29, 1.82) is 0 Å². The molecule has 0 amide bonds. The van der Waals surface area contributed by atoms with Crippen molar-refractivity contribution in [2.45, 2.75) is 17.3 Å². The maximum absolute atomic E-state index is 15.3. The number of alkyl halides is 1. The van der Waals surface area contributed by atoms with Gasteiger partial charge in [-0.15, -0.1) is 0 Å². The largest absolute Gasteiger partial charge is 0.228 e. The molecule has 0 heterocycles. The summed E-state index contributed by atoms with van der Waals surface area (Å²) in [7, 11) is -3.86. The number of sulfone groups is 1. The second-order valence-corrected chi connectivity index (χ2v) is 9.06. The maximum atomic E-state index is 15.3. The van der Waals surface area contributed by atoms with Gasteiger partial charge in [0.1, 0.15) is 10.6 Å². The van der Waals surface area contributed by atoms with Gasteiger partial charge in [0.05, 0.1) is 0 Å². The van der Waals surface area contributed by atoms with Crippen LogP contribution in [0.25, 0.3) is 0 Å². The summed E-state index contributed by atoms with van der Waals surface area (Å²) in [4.78, 5) is 0. The fourth-order valence-electron chi connectivity index (χ4n) is 3.03. The van der Waals surface area contributed by atoms with Crippen molar-refractivity contribution in [1.82, 2.24) is 0 Å². The van der Waals surface area contributed by atoms with Crippen LogP contribution in [0.3, 0.4) is 0 Å². The number of rotatable bonds is 3. The minimum Gasteiger partial charge on any atom is -0.228 e. The third-order valence-electron chi connectivity index (χ3n) is 4.68. The summed E-state index contributed by atoms with van der Waals surface area (Å²) in [5.74, 6) is -1.17. The molecule has 26 heavy (non-hydrogen) atoms. The third-order valence-corrected chi connectivity index (χ3v) is 6.80. The van der Waals surface area contributed by atoms with Crippen molar-refractivity contribution in [2.24, 2.45) is 0 Å². The van der Waals surface area contributed by atoms with E-state index in [0.29, 0.717) is 5.02 Å². The fourth-order valence-corrected chi connectivity index (χ4v) is 4.40. The number of aryl methyl sites for hydroxylation is 1. The van der Waals surface area contributed by atoms with Crippen molar-refractivity contribution in [3.63, 3.8) is 0 Å². The molecular weight excluding hydrogens is 378 g/mol. The Balaban J connectivity index is 2.22. The van der Waals surface area contributed by atoms with E-state index in [1.54, 1.807) is 37.3 Å². The molecule has 0 N–H and O–H groups in total. The average molecular weight is 395 g/mol. The van der Waals surface area contributed by atoms with E-state index >= 15 is 4.39 Å². The minimum absolute atomic E-state index is 0.0917. The molecule has 0 aromatic heterocycles. The highest BCUT2D eigenvalue weighted by Crippen LogP contribution is 2.47. The van der Waals surface area contributed by atoms with E-state index in [4.69, 9.17) is 11.6 Å². The SMILES string of the molecule is Cc1ccc(C2(S(C)(=O)=O)C=CC(F)(c3ccccc3)C(F)=C2)cc1Cl. The topological polar surface area (TPSA) is 34.1 Å². The summed E-state index contributed by atoms with van der Waals surface area (Å²) < 4.78 is 53.6. The van der Waals surface area contributed by atoms with Crippen molar-refractivity contribution in [3.05, 3.63) is 94.3 Å². The molecule has 2 aromatic carbocycles.